The van der Waals surface area contributed by atoms with Gasteiger partial charge in [0, 0.05) is 17.0 Å². The summed E-state index contributed by atoms with van der Waals surface area (Å²) in [4.78, 5) is 4.45. The number of pyridine rings is 1. The summed E-state index contributed by atoms with van der Waals surface area (Å²) in [5.74, 6) is 0. The van der Waals surface area contributed by atoms with Crippen molar-refractivity contribution in [1.82, 2.24) is 10.3 Å². The standard InChI is InChI=1S/C13H13ClN2/c14-13-10(12-6-3-7-15-12)8-9-4-1-2-5-11(9)16-13/h1-2,4-5,8,12,15H,3,6-7H2/t12-/m1/s1. The summed E-state index contributed by atoms with van der Waals surface area (Å²) in [6.07, 6.45) is 2.37. The Labute approximate surface area is 99.6 Å². The number of para-hydroxylation sites is 1. The SMILES string of the molecule is Clc1nc2ccccc2cc1[C@H]1CCCN1. The molecule has 1 aromatic carbocycles. The molecule has 2 nitrogen and oxygen atoms in total. The molecule has 1 N–H and O–H groups in total. The normalized spacial score (nSPS) is 20.4. The van der Waals surface area contributed by atoms with Gasteiger partial charge in [-0.2, -0.15) is 0 Å². The van der Waals surface area contributed by atoms with Crippen molar-refractivity contribution in [3.8, 4) is 0 Å². The van der Waals surface area contributed by atoms with Crippen molar-refractivity contribution in [3.05, 3.63) is 41.0 Å². The van der Waals surface area contributed by atoms with E-state index in [9.17, 15) is 0 Å². The molecule has 2 aromatic rings. The number of benzene rings is 1. The van der Waals surface area contributed by atoms with Crippen LogP contribution in [0.4, 0.5) is 0 Å². The van der Waals surface area contributed by atoms with Crippen molar-refractivity contribution in [1.29, 1.82) is 0 Å². The number of nitrogens with zero attached hydrogens (tertiary/aromatic N) is 1. The Bertz CT molecular complexity index is 518. The molecule has 82 valence electrons. The van der Waals surface area contributed by atoms with Crippen LogP contribution in [-0.2, 0) is 0 Å². The molecule has 0 saturated carbocycles. The van der Waals surface area contributed by atoms with Crippen molar-refractivity contribution in [2.24, 2.45) is 0 Å². The molecular formula is C13H13ClN2. The summed E-state index contributed by atoms with van der Waals surface area (Å²) in [6.45, 7) is 1.08. The van der Waals surface area contributed by atoms with E-state index in [0.717, 1.165) is 29.4 Å². The fourth-order valence-corrected chi connectivity index (χ4v) is 2.58. The van der Waals surface area contributed by atoms with Gasteiger partial charge in [-0.3, -0.25) is 0 Å². The first-order valence-corrected chi connectivity index (χ1v) is 6.01. The topological polar surface area (TPSA) is 24.9 Å². The smallest absolute Gasteiger partial charge is 0.134 e. The van der Waals surface area contributed by atoms with E-state index in [1.54, 1.807) is 0 Å². The zero-order valence-electron chi connectivity index (χ0n) is 8.91. The Morgan fingerprint density at radius 3 is 3.00 bits per heavy atom. The molecule has 0 radical (unpaired) electrons. The number of halogens is 1. The van der Waals surface area contributed by atoms with Gasteiger partial charge in [-0.05, 0) is 31.5 Å². The van der Waals surface area contributed by atoms with Gasteiger partial charge < -0.3 is 5.32 Å². The molecular weight excluding hydrogens is 220 g/mol. The minimum Gasteiger partial charge on any atom is -0.310 e. The van der Waals surface area contributed by atoms with E-state index in [1.807, 2.05) is 18.2 Å². The Balaban J connectivity index is 2.13. The highest BCUT2D eigenvalue weighted by Gasteiger charge is 2.19. The van der Waals surface area contributed by atoms with Gasteiger partial charge in [0.2, 0.25) is 0 Å². The van der Waals surface area contributed by atoms with Gasteiger partial charge >= 0.3 is 0 Å². The van der Waals surface area contributed by atoms with E-state index < -0.39 is 0 Å². The van der Waals surface area contributed by atoms with Crippen LogP contribution in [-0.4, -0.2) is 11.5 Å². The molecule has 1 aromatic heterocycles. The van der Waals surface area contributed by atoms with Gasteiger partial charge in [0.25, 0.3) is 0 Å². The first-order chi connectivity index (χ1) is 7.84. The van der Waals surface area contributed by atoms with Crippen LogP contribution in [0.1, 0.15) is 24.4 Å². The highest BCUT2D eigenvalue weighted by Crippen LogP contribution is 2.30. The lowest BCUT2D eigenvalue weighted by Gasteiger charge is -2.12. The van der Waals surface area contributed by atoms with Crippen LogP contribution in [0.3, 0.4) is 0 Å². The van der Waals surface area contributed by atoms with Crippen molar-refractivity contribution >= 4 is 22.5 Å². The van der Waals surface area contributed by atoms with Crippen molar-refractivity contribution in [2.75, 3.05) is 6.54 Å². The lowest BCUT2D eigenvalue weighted by Crippen LogP contribution is -2.13. The van der Waals surface area contributed by atoms with Gasteiger partial charge in [0.15, 0.2) is 0 Å². The quantitative estimate of drug-likeness (QED) is 0.763. The summed E-state index contributed by atoms with van der Waals surface area (Å²) < 4.78 is 0. The van der Waals surface area contributed by atoms with E-state index >= 15 is 0 Å². The molecule has 0 amide bonds. The highest BCUT2D eigenvalue weighted by molar-refractivity contribution is 6.30. The lowest BCUT2D eigenvalue weighted by atomic mass is 10.1. The number of fused-ring (bicyclic) bond motifs is 1. The maximum absolute atomic E-state index is 6.23. The molecule has 0 spiro atoms. The lowest BCUT2D eigenvalue weighted by molar-refractivity contribution is 0.646. The minimum atomic E-state index is 0.379. The van der Waals surface area contributed by atoms with E-state index in [4.69, 9.17) is 11.6 Å². The van der Waals surface area contributed by atoms with Gasteiger partial charge in [0.1, 0.15) is 5.15 Å². The number of nitrogens with one attached hydrogen (secondary N) is 1. The van der Waals surface area contributed by atoms with E-state index in [2.05, 4.69) is 22.4 Å². The second kappa shape index (κ2) is 4.04. The monoisotopic (exact) mass is 232 g/mol. The Morgan fingerprint density at radius 1 is 1.31 bits per heavy atom. The molecule has 0 aliphatic carbocycles. The van der Waals surface area contributed by atoms with Crippen molar-refractivity contribution in [3.63, 3.8) is 0 Å². The molecule has 0 bridgehead atoms. The molecule has 3 rings (SSSR count). The molecule has 1 fully saturated rings. The average Bonchev–Trinajstić information content (AvgIpc) is 2.81. The molecule has 2 heterocycles. The summed E-state index contributed by atoms with van der Waals surface area (Å²) >= 11 is 6.23. The minimum absolute atomic E-state index is 0.379. The van der Waals surface area contributed by atoms with Crippen LogP contribution in [0.5, 0.6) is 0 Å². The molecule has 16 heavy (non-hydrogen) atoms. The maximum atomic E-state index is 6.23. The van der Waals surface area contributed by atoms with E-state index in [1.165, 1.54) is 6.42 Å². The first-order valence-electron chi connectivity index (χ1n) is 5.63. The average molecular weight is 233 g/mol. The van der Waals surface area contributed by atoms with E-state index in [-0.39, 0.29) is 0 Å². The summed E-state index contributed by atoms with van der Waals surface area (Å²) in [5, 5.41) is 5.25. The second-order valence-corrected chi connectivity index (χ2v) is 4.57. The number of rotatable bonds is 1. The largest absolute Gasteiger partial charge is 0.310 e. The van der Waals surface area contributed by atoms with Crippen LogP contribution >= 0.6 is 11.6 Å². The number of hydrogen-bond acceptors (Lipinski definition) is 2. The Kier molecular flexibility index (Phi) is 2.54. The van der Waals surface area contributed by atoms with E-state index in [0.29, 0.717) is 11.2 Å². The van der Waals surface area contributed by atoms with Crippen LogP contribution < -0.4 is 5.32 Å². The van der Waals surface area contributed by atoms with Gasteiger partial charge in [0.05, 0.1) is 5.52 Å². The fraction of sp³-hybridized carbons (Fsp3) is 0.308. The molecule has 0 unspecified atom stereocenters. The molecule has 3 heteroatoms. The summed E-state index contributed by atoms with van der Waals surface area (Å²) in [5.41, 5.74) is 2.10. The third-order valence-electron chi connectivity index (χ3n) is 3.14. The summed E-state index contributed by atoms with van der Waals surface area (Å²) in [7, 11) is 0. The van der Waals surface area contributed by atoms with Gasteiger partial charge in [-0.15, -0.1) is 0 Å². The molecule has 1 aliphatic rings. The van der Waals surface area contributed by atoms with Crippen molar-refractivity contribution < 1.29 is 0 Å². The Morgan fingerprint density at radius 2 is 2.19 bits per heavy atom. The number of hydrogen-bond donors (Lipinski definition) is 1. The molecule has 1 aliphatic heterocycles. The number of aromatic nitrogens is 1. The third-order valence-corrected chi connectivity index (χ3v) is 3.44. The van der Waals surface area contributed by atoms with Crippen LogP contribution in [0.2, 0.25) is 5.15 Å². The predicted molar refractivity (Wildman–Crippen MR) is 66.7 cm³/mol. The first kappa shape index (κ1) is 10.1. The zero-order valence-corrected chi connectivity index (χ0v) is 9.67. The van der Waals surface area contributed by atoms with Crippen LogP contribution in [0.15, 0.2) is 30.3 Å². The zero-order chi connectivity index (χ0) is 11.0. The van der Waals surface area contributed by atoms with Crippen LogP contribution in [0.25, 0.3) is 10.9 Å². The third kappa shape index (κ3) is 1.68. The molecule has 1 atom stereocenters. The van der Waals surface area contributed by atoms with Crippen LogP contribution in [0, 0.1) is 0 Å². The highest BCUT2D eigenvalue weighted by atomic mass is 35.5. The van der Waals surface area contributed by atoms with Crippen molar-refractivity contribution in [2.45, 2.75) is 18.9 Å². The summed E-state index contributed by atoms with van der Waals surface area (Å²) in [6, 6.07) is 10.6. The maximum Gasteiger partial charge on any atom is 0.134 e. The predicted octanol–water partition coefficient (Wildman–Crippen LogP) is 3.31. The van der Waals surface area contributed by atoms with Gasteiger partial charge in [-0.25, -0.2) is 4.98 Å². The fourth-order valence-electron chi connectivity index (χ4n) is 2.30. The second-order valence-electron chi connectivity index (χ2n) is 4.21. The van der Waals surface area contributed by atoms with Gasteiger partial charge in [-0.1, -0.05) is 29.8 Å². The molecule has 1 saturated heterocycles. The Hall–Kier alpha value is -1.12.